The Balaban J connectivity index is 1.54. The quantitative estimate of drug-likeness (QED) is 0.398. The Morgan fingerprint density at radius 1 is 1.12 bits per heavy atom. The number of hydrazine groups is 1. The maximum Gasteiger partial charge on any atom is 0.426 e. The first kappa shape index (κ1) is 23.5. The number of piperidine rings is 1. The number of nitrogens with zero attached hydrogens (tertiary/aromatic N) is 2. The number of H-pyrrole nitrogens is 1. The molecule has 1 aliphatic heterocycles. The van der Waals surface area contributed by atoms with E-state index >= 15 is 0 Å². The summed E-state index contributed by atoms with van der Waals surface area (Å²) >= 11 is 0. The second kappa shape index (κ2) is 10.5. The number of carbonyl (C=O) groups excluding carboxylic acids is 1. The first-order valence-electron chi connectivity index (χ1n) is 11.6. The molecule has 1 saturated heterocycles. The lowest BCUT2D eigenvalue weighted by molar-refractivity contribution is -0.138. The van der Waals surface area contributed by atoms with E-state index in [1.165, 1.54) is 10.6 Å². The van der Waals surface area contributed by atoms with Gasteiger partial charge in [-0.2, -0.15) is 0 Å². The Labute approximate surface area is 197 Å². The number of nitrogens with one attached hydrogen (secondary N) is 1. The van der Waals surface area contributed by atoms with Gasteiger partial charge in [-0.1, -0.05) is 30.3 Å². The number of hydrogen-bond donors (Lipinski definition) is 3. The van der Waals surface area contributed by atoms with Crippen molar-refractivity contribution in [2.24, 2.45) is 5.92 Å². The minimum atomic E-state index is -1.08. The maximum absolute atomic E-state index is 12.3. The SMILES string of the molecule is O=CCCC(C(=O)O)c1c[nH]c2ccc(N(C(=O)O)N3CCC(Cc4ccccc4)CC3)cc12. The second-order valence-electron chi connectivity index (χ2n) is 8.79. The number of rotatable bonds is 9. The van der Waals surface area contributed by atoms with Crippen LogP contribution in [0.4, 0.5) is 10.5 Å². The van der Waals surface area contributed by atoms with Crippen LogP contribution in [0.5, 0.6) is 0 Å². The molecule has 8 heteroatoms. The molecule has 3 N–H and O–H groups in total. The third-order valence-corrected chi connectivity index (χ3v) is 6.61. The van der Waals surface area contributed by atoms with Crippen LogP contribution in [-0.2, 0) is 16.0 Å². The Morgan fingerprint density at radius 2 is 1.85 bits per heavy atom. The molecule has 34 heavy (non-hydrogen) atoms. The van der Waals surface area contributed by atoms with Gasteiger partial charge in [0.25, 0.3) is 0 Å². The molecular formula is C26H29N3O5. The van der Waals surface area contributed by atoms with Crippen LogP contribution in [0.25, 0.3) is 10.9 Å². The molecule has 1 atom stereocenters. The van der Waals surface area contributed by atoms with Crippen LogP contribution in [0.3, 0.4) is 0 Å². The largest absolute Gasteiger partial charge is 0.481 e. The first-order valence-corrected chi connectivity index (χ1v) is 11.6. The van der Waals surface area contributed by atoms with Crippen molar-refractivity contribution in [2.45, 2.75) is 38.0 Å². The average molecular weight is 464 g/mol. The molecular weight excluding hydrogens is 434 g/mol. The van der Waals surface area contributed by atoms with Crippen molar-refractivity contribution < 1.29 is 24.6 Å². The van der Waals surface area contributed by atoms with Gasteiger partial charge in [0.1, 0.15) is 6.29 Å². The van der Waals surface area contributed by atoms with Crippen LogP contribution in [0.1, 0.15) is 42.7 Å². The number of carboxylic acid groups (broad SMARTS) is 2. The molecule has 1 amide bonds. The highest BCUT2D eigenvalue weighted by atomic mass is 16.4. The van der Waals surface area contributed by atoms with Crippen molar-refractivity contribution in [2.75, 3.05) is 18.1 Å². The molecule has 0 aliphatic carbocycles. The zero-order valence-corrected chi connectivity index (χ0v) is 18.9. The molecule has 4 rings (SSSR count). The lowest BCUT2D eigenvalue weighted by atomic mass is 9.90. The van der Waals surface area contributed by atoms with Crippen LogP contribution in [0, 0.1) is 5.92 Å². The fraction of sp³-hybridized carbons (Fsp3) is 0.346. The fourth-order valence-corrected chi connectivity index (χ4v) is 4.86. The summed E-state index contributed by atoms with van der Waals surface area (Å²) in [6, 6.07) is 15.6. The number of carbonyl (C=O) groups is 3. The van der Waals surface area contributed by atoms with Crippen LogP contribution < -0.4 is 5.01 Å². The fourth-order valence-electron chi connectivity index (χ4n) is 4.86. The monoisotopic (exact) mass is 463 g/mol. The van der Waals surface area contributed by atoms with E-state index in [9.17, 15) is 24.6 Å². The minimum absolute atomic E-state index is 0.141. The zero-order chi connectivity index (χ0) is 24.1. The number of fused-ring (bicyclic) bond motifs is 1. The highest BCUT2D eigenvalue weighted by Gasteiger charge is 2.29. The molecule has 0 spiro atoms. The van der Waals surface area contributed by atoms with Crippen molar-refractivity contribution in [3.05, 3.63) is 65.9 Å². The van der Waals surface area contributed by atoms with Crippen molar-refractivity contribution in [3.63, 3.8) is 0 Å². The number of carboxylic acids is 1. The van der Waals surface area contributed by atoms with Gasteiger partial charge in [-0.3, -0.25) is 4.79 Å². The molecule has 0 saturated carbocycles. The first-order chi connectivity index (χ1) is 16.5. The number of aromatic nitrogens is 1. The molecule has 1 aromatic heterocycles. The standard InChI is InChI=1S/C26H29N3O5/c30-14-4-7-21(25(31)32)23-17-27-24-9-8-20(16-22(23)24)29(26(33)34)28-12-10-19(11-13-28)15-18-5-2-1-3-6-18/h1-3,5-6,8-9,14,16-17,19,21,27H,4,7,10-13,15H2,(H,31,32)(H,33,34). The molecule has 8 nitrogen and oxygen atoms in total. The Morgan fingerprint density at radius 3 is 2.50 bits per heavy atom. The van der Waals surface area contributed by atoms with E-state index in [1.54, 1.807) is 24.4 Å². The maximum atomic E-state index is 12.3. The smallest absolute Gasteiger partial charge is 0.426 e. The van der Waals surface area contributed by atoms with Gasteiger partial charge < -0.3 is 20.0 Å². The number of aldehydes is 1. The molecule has 2 heterocycles. The molecule has 2 aromatic carbocycles. The lowest BCUT2D eigenvalue weighted by Gasteiger charge is -2.38. The van der Waals surface area contributed by atoms with E-state index in [0.717, 1.165) is 24.8 Å². The number of amides is 1. The van der Waals surface area contributed by atoms with Crippen LogP contribution in [0.15, 0.2) is 54.7 Å². The number of anilines is 1. The molecule has 1 aliphatic rings. The lowest BCUT2D eigenvalue weighted by Crippen LogP contribution is -2.50. The molecule has 0 radical (unpaired) electrons. The Hall–Kier alpha value is -3.65. The van der Waals surface area contributed by atoms with Crippen molar-refractivity contribution in [1.29, 1.82) is 0 Å². The van der Waals surface area contributed by atoms with Gasteiger partial charge in [-0.15, -0.1) is 0 Å². The summed E-state index contributed by atoms with van der Waals surface area (Å²) < 4.78 is 0. The van der Waals surface area contributed by atoms with E-state index in [0.29, 0.717) is 41.9 Å². The molecule has 1 unspecified atom stereocenters. The molecule has 178 valence electrons. The highest BCUT2D eigenvalue weighted by molar-refractivity contribution is 5.94. The van der Waals surface area contributed by atoms with Gasteiger partial charge in [0, 0.05) is 36.6 Å². The summed E-state index contributed by atoms with van der Waals surface area (Å²) in [4.78, 5) is 38.0. The predicted octanol–water partition coefficient (Wildman–Crippen LogP) is 4.67. The van der Waals surface area contributed by atoms with Crippen LogP contribution >= 0.6 is 0 Å². The normalized spacial score (nSPS) is 15.8. The van der Waals surface area contributed by atoms with E-state index in [1.807, 2.05) is 23.2 Å². The third-order valence-electron chi connectivity index (χ3n) is 6.61. The van der Waals surface area contributed by atoms with E-state index in [-0.39, 0.29) is 12.8 Å². The summed E-state index contributed by atoms with van der Waals surface area (Å²) in [6.07, 6.45) is 4.37. The number of aromatic amines is 1. The van der Waals surface area contributed by atoms with Gasteiger partial charge in [-0.05, 0) is 60.9 Å². The van der Waals surface area contributed by atoms with Crippen molar-refractivity contribution in [3.8, 4) is 0 Å². The van der Waals surface area contributed by atoms with E-state index < -0.39 is 18.0 Å². The summed E-state index contributed by atoms with van der Waals surface area (Å²) in [6.45, 7) is 1.25. The van der Waals surface area contributed by atoms with Gasteiger partial charge in [-0.25, -0.2) is 14.8 Å². The molecule has 0 bridgehead atoms. The van der Waals surface area contributed by atoms with Gasteiger partial charge in [0.15, 0.2) is 0 Å². The van der Waals surface area contributed by atoms with Gasteiger partial charge >= 0.3 is 12.1 Å². The number of benzene rings is 2. The topological polar surface area (TPSA) is 114 Å². The Bertz CT molecular complexity index is 1150. The molecule has 1 fully saturated rings. The number of hydrogen-bond acceptors (Lipinski definition) is 4. The molecule has 3 aromatic rings. The summed E-state index contributed by atoms with van der Waals surface area (Å²) in [7, 11) is 0. The van der Waals surface area contributed by atoms with Crippen molar-refractivity contribution >= 4 is 34.9 Å². The van der Waals surface area contributed by atoms with E-state index in [2.05, 4.69) is 17.1 Å². The van der Waals surface area contributed by atoms with Crippen LogP contribution in [0.2, 0.25) is 0 Å². The minimum Gasteiger partial charge on any atom is -0.481 e. The van der Waals surface area contributed by atoms with Crippen LogP contribution in [-0.4, -0.2) is 51.6 Å². The van der Waals surface area contributed by atoms with Gasteiger partial charge in [0.05, 0.1) is 11.6 Å². The third kappa shape index (κ3) is 5.12. The predicted molar refractivity (Wildman–Crippen MR) is 129 cm³/mol. The van der Waals surface area contributed by atoms with Gasteiger partial charge in [0.2, 0.25) is 0 Å². The Kier molecular flexibility index (Phi) is 7.27. The highest BCUT2D eigenvalue weighted by Crippen LogP contribution is 2.33. The second-order valence-corrected chi connectivity index (χ2v) is 8.79. The average Bonchev–Trinajstić information content (AvgIpc) is 3.24. The summed E-state index contributed by atoms with van der Waals surface area (Å²) in [5.74, 6) is -1.35. The number of aliphatic carboxylic acids is 1. The van der Waals surface area contributed by atoms with Crippen molar-refractivity contribution in [1.82, 2.24) is 9.99 Å². The van der Waals surface area contributed by atoms with E-state index in [4.69, 9.17) is 0 Å². The zero-order valence-electron chi connectivity index (χ0n) is 18.9. The summed E-state index contributed by atoms with van der Waals surface area (Å²) in [5, 5.41) is 23.5. The summed E-state index contributed by atoms with van der Waals surface area (Å²) in [5.41, 5.74) is 3.05.